The van der Waals surface area contributed by atoms with Crippen molar-refractivity contribution in [3.05, 3.63) is 112 Å². The largest absolute Gasteiger partial charge is 0.326 e. The molecule has 0 aliphatic heterocycles. The van der Waals surface area contributed by atoms with Crippen molar-refractivity contribution in [1.29, 1.82) is 0 Å². The van der Waals surface area contributed by atoms with E-state index in [1.807, 2.05) is 0 Å². The first-order chi connectivity index (χ1) is 14.1. The van der Waals surface area contributed by atoms with E-state index in [2.05, 4.69) is 102 Å². The fraction of sp³-hybridized carbons (Fsp3) is 0.125. The first kappa shape index (κ1) is 21.2. The average Bonchev–Trinajstić information content (AvgIpc) is 3.05. The van der Waals surface area contributed by atoms with E-state index < -0.39 is 0 Å². The van der Waals surface area contributed by atoms with Gasteiger partial charge in [-0.05, 0) is 17.7 Å². The van der Waals surface area contributed by atoms with Crippen LogP contribution in [0, 0.1) is 9.62 Å². The van der Waals surface area contributed by atoms with Gasteiger partial charge in [0.05, 0.1) is 0 Å². The molecule has 0 atom stereocenters. The first-order valence-corrected chi connectivity index (χ1v) is 10.5. The van der Waals surface area contributed by atoms with Crippen molar-refractivity contribution >= 4 is 0 Å². The minimum absolute atomic E-state index is 0.216. The molecule has 2 N–H and O–H groups in total. The van der Waals surface area contributed by atoms with E-state index in [9.17, 15) is 4.39 Å². The van der Waals surface area contributed by atoms with Gasteiger partial charge in [0.1, 0.15) is 5.82 Å². The van der Waals surface area contributed by atoms with Crippen LogP contribution in [0.5, 0.6) is 0 Å². The summed E-state index contributed by atoms with van der Waals surface area (Å²) in [7, 11) is 2.09. The molecule has 1 aromatic heterocycles. The summed E-state index contributed by atoms with van der Waals surface area (Å²) in [4.78, 5) is 0. The van der Waals surface area contributed by atoms with Gasteiger partial charge < -0.3 is 5.73 Å². The maximum absolute atomic E-state index is 12.2. The van der Waals surface area contributed by atoms with Crippen molar-refractivity contribution in [2.75, 3.05) is 0 Å². The van der Waals surface area contributed by atoms with Gasteiger partial charge in [-0.25, -0.2) is 4.39 Å². The van der Waals surface area contributed by atoms with Crippen LogP contribution in [0.4, 0.5) is 4.39 Å². The molecule has 5 heteroatoms. The second-order valence-electron chi connectivity index (χ2n) is 6.64. The number of benzene rings is 3. The average molecular weight is 569 g/mol. The van der Waals surface area contributed by atoms with E-state index in [0.29, 0.717) is 6.54 Å². The molecule has 4 rings (SSSR count). The fourth-order valence-electron chi connectivity index (χ4n) is 2.96. The third kappa shape index (κ3) is 5.72. The van der Waals surface area contributed by atoms with E-state index in [1.54, 1.807) is 12.1 Å². The van der Waals surface area contributed by atoms with Gasteiger partial charge in [0.2, 0.25) is 0 Å². The Labute approximate surface area is 181 Å². The molecule has 0 radical (unpaired) electrons. The second-order valence-corrected chi connectivity index (χ2v) is 7.65. The minimum atomic E-state index is -0.216. The van der Waals surface area contributed by atoms with Crippen molar-refractivity contribution in [3.8, 4) is 11.3 Å². The van der Waals surface area contributed by atoms with Gasteiger partial charge in [-0.2, -0.15) is 0 Å². The first-order valence-electron chi connectivity index (χ1n) is 9.34. The standard InChI is InChI=1S/C17H16N2.C7H8FN.Pt/c1-18-13-17(16-10-6-3-7-11-16)19(14-18)12-15-8-4-2-5-9-15;8-7-3-1-6(5-9)2-4-7;/h2-11,13H,12H2,1H3;1-4H,5,9H2;. The summed E-state index contributed by atoms with van der Waals surface area (Å²) in [5.74, 6) is -0.216. The minimum Gasteiger partial charge on any atom is -0.326 e. The maximum Gasteiger partial charge on any atom is 0.123 e. The summed E-state index contributed by atoms with van der Waals surface area (Å²) in [6, 6.07) is 27.3. The predicted octanol–water partition coefficient (Wildman–Crippen LogP) is 4.91. The summed E-state index contributed by atoms with van der Waals surface area (Å²) in [6.07, 6.45) is 2.20. The molecule has 0 unspecified atom stereocenters. The Balaban J connectivity index is 0.000000224. The van der Waals surface area contributed by atoms with Gasteiger partial charge >= 0.3 is 130 Å². The number of halogens is 1. The monoisotopic (exact) mass is 568 g/mol. The van der Waals surface area contributed by atoms with E-state index in [1.165, 1.54) is 32.8 Å². The molecule has 0 saturated heterocycles. The van der Waals surface area contributed by atoms with Gasteiger partial charge in [0.25, 0.3) is 0 Å². The molecule has 0 aliphatic carbocycles. The Morgan fingerprint density at radius 3 is 2.00 bits per heavy atom. The number of rotatable bonds is 4. The third-order valence-corrected chi connectivity index (χ3v) is 5.90. The zero-order valence-corrected chi connectivity index (χ0v) is 18.5. The summed E-state index contributed by atoms with van der Waals surface area (Å²) in [6.45, 7) is 1.37. The number of hydrogen-bond acceptors (Lipinski definition) is 1. The van der Waals surface area contributed by atoms with Crippen LogP contribution in [-0.4, -0.2) is 9.13 Å². The van der Waals surface area contributed by atoms with Gasteiger partial charge in [-0.15, -0.1) is 0 Å². The van der Waals surface area contributed by atoms with Crippen LogP contribution in [0.3, 0.4) is 0 Å². The van der Waals surface area contributed by atoms with Crippen LogP contribution in [0.2, 0.25) is 0 Å². The molecule has 0 bridgehead atoms. The predicted molar refractivity (Wildman–Crippen MR) is 112 cm³/mol. The van der Waals surface area contributed by atoms with Crippen molar-refractivity contribution in [2.24, 2.45) is 12.8 Å². The molecule has 0 fully saturated rings. The summed E-state index contributed by atoms with van der Waals surface area (Å²) < 4.78 is 17.9. The molecular weight excluding hydrogens is 544 g/mol. The van der Waals surface area contributed by atoms with Crippen LogP contribution in [0.25, 0.3) is 11.3 Å². The van der Waals surface area contributed by atoms with Crippen LogP contribution in [0.1, 0.15) is 11.1 Å². The molecule has 1 heterocycles. The van der Waals surface area contributed by atoms with Crippen molar-refractivity contribution < 1.29 is 23.7 Å². The number of hydrogen-bond donors (Lipinski definition) is 1. The van der Waals surface area contributed by atoms with Gasteiger partial charge in [-0.1, -0.05) is 12.1 Å². The normalized spacial score (nSPS) is 10.4. The third-order valence-electron chi connectivity index (χ3n) is 4.48. The number of nitrogens with zero attached hydrogens (tertiary/aromatic N) is 2. The Hall–Kier alpha value is -2.55. The summed E-state index contributed by atoms with van der Waals surface area (Å²) >= 11 is 2.39. The zero-order chi connectivity index (χ0) is 20.6. The Morgan fingerprint density at radius 2 is 1.41 bits per heavy atom. The van der Waals surface area contributed by atoms with E-state index >= 15 is 0 Å². The van der Waals surface area contributed by atoms with E-state index in [-0.39, 0.29) is 5.82 Å². The fourth-order valence-corrected chi connectivity index (χ4v) is 3.56. The topological polar surface area (TPSA) is 35.9 Å². The molecular formula is C24H24FN3Pt. The van der Waals surface area contributed by atoms with Crippen molar-refractivity contribution in [3.63, 3.8) is 0 Å². The summed E-state index contributed by atoms with van der Waals surface area (Å²) in [5, 5.41) is 0. The number of imidazole rings is 1. The SMILES string of the molecule is Cn1cc(-c2ccccc2)n(Cc2ccccc2)[c]1=[Pt].NCc1ccc(F)cc1. The van der Waals surface area contributed by atoms with E-state index in [4.69, 9.17) is 5.73 Å². The van der Waals surface area contributed by atoms with E-state index in [0.717, 1.165) is 12.1 Å². The Kier molecular flexibility index (Phi) is 7.51. The van der Waals surface area contributed by atoms with Gasteiger partial charge in [0.15, 0.2) is 0 Å². The Bertz CT molecular complexity index is 1080. The zero-order valence-electron chi connectivity index (χ0n) is 16.2. The molecule has 152 valence electrons. The van der Waals surface area contributed by atoms with Gasteiger partial charge in [-0.3, -0.25) is 0 Å². The number of aryl methyl sites for hydroxylation is 1. The molecule has 4 aromatic rings. The number of nitrogens with two attached hydrogens (primary N) is 1. The van der Waals surface area contributed by atoms with Crippen LogP contribution in [0.15, 0.2) is 91.1 Å². The van der Waals surface area contributed by atoms with Gasteiger partial charge in [0, 0.05) is 6.54 Å². The smallest absolute Gasteiger partial charge is 0.123 e. The molecule has 29 heavy (non-hydrogen) atoms. The Morgan fingerprint density at radius 1 is 0.828 bits per heavy atom. The molecule has 0 saturated carbocycles. The van der Waals surface area contributed by atoms with Crippen LogP contribution >= 0.6 is 0 Å². The molecule has 0 amide bonds. The van der Waals surface area contributed by atoms with Crippen LogP contribution in [-0.2, 0) is 39.5 Å². The number of aromatic nitrogens is 2. The molecule has 3 nitrogen and oxygen atoms in total. The van der Waals surface area contributed by atoms with Crippen LogP contribution < -0.4 is 5.73 Å². The molecule has 0 aliphatic rings. The molecule has 3 aromatic carbocycles. The maximum atomic E-state index is 12.2. The summed E-state index contributed by atoms with van der Waals surface area (Å²) in [5.41, 5.74) is 10.1. The van der Waals surface area contributed by atoms with Crippen molar-refractivity contribution in [2.45, 2.75) is 13.1 Å². The quantitative estimate of drug-likeness (QED) is 0.374. The van der Waals surface area contributed by atoms with Crippen molar-refractivity contribution in [1.82, 2.24) is 9.13 Å². The second kappa shape index (κ2) is 10.3. The molecule has 0 spiro atoms.